The predicted molar refractivity (Wildman–Crippen MR) is 150 cm³/mol. The molecule has 2 fully saturated rings. The molecule has 0 spiro atoms. The molecular formula is C30H32ClF3N4O3. The summed E-state index contributed by atoms with van der Waals surface area (Å²) >= 11 is 6.05. The predicted octanol–water partition coefficient (Wildman–Crippen LogP) is 6.09. The van der Waals surface area contributed by atoms with Crippen molar-refractivity contribution in [2.45, 2.75) is 50.6 Å². The van der Waals surface area contributed by atoms with E-state index in [4.69, 9.17) is 26.0 Å². The highest BCUT2D eigenvalue weighted by molar-refractivity contribution is 6.31. The number of anilines is 1. The average molecular weight is 589 g/mol. The molecule has 1 aromatic heterocycles. The van der Waals surface area contributed by atoms with Gasteiger partial charge >= 0.3 is 6.18 Å². The van der Waals surface area contributed by atoms with E-state index in [9.17, 15) is 18.0 Å². The minimum Gasteiger partial charge on any atom is -0.460 e. The first-order valence-electron chi connectivity index (χ1n) is 13.7. The Kier molecular flexibility index (Phi) is 8.78. The summed E-state index contributed by atoms with van der Waals surface area (Å²) in [4.78, 5) is 18.7. The van der Waals surface area contributed by atoms with Gasteiger partial charge < -0.3 is 19.0 Å². The van der Waals surface area contributed by atoms with Crippen LogP contribution in [-0.4, -0.2) is 67.7 Å². The number of nitriles is 1. The third kappa shape index (κ3) is 6.97. The van der Waals surface area contributed by atoms with Crippen LogP contribution in [0, 0.1) is 11.3 Å². The zero-order valence-electron chi connectivity index (χ0n) is 22.8. The van der Waals surface area contributed by atoms with Crippen molar-refractivity contribution in [3.05, 3.63) is 64.4 Å². The summed E-state index contributed by atoms with van der Waals surface area (Å²) in [6.07, 6.45) is -1.72. The normalized spacial score (nSPS) is 20.2. The molecule has 0 N–H and O–H groups in total. The monoisotopic (exact) mass is 588 g/mol. The van der Waals surface area contributed by atoms with E-state index in [1.54, 1.807) is 19.2 Å². The van der Waals surface area contributed by atoms with Crippen molar-refractivity contribution in [3.63, 3.8) is 0 Å². The average Bonchev–Trinajstić information content (AvgIpc) is 3.36. The fourth-order valence-corrected chi connectivity index (χ4v) is 5.85. The van der Waals surface area contributed by atoms with Gasteiger partial charge in [0.05, 0.1) is 29.8 Å². The van der Waals surface area contributed by atoms with Gasteiger partial charge in [-0.25, -0.2) is 0 Å². The molecule has 1 amide bonds. The molecule has 2 heterocycles. The number of carbonyl (C=O) groups is 1. The van der Waals surface area contributed by atoms with E-state index in [0.29, 0.717) is 30.3 Å². The highest BCUT2D eigenvalue weighted by Gasteiger charge is 2.35. The summed E-state index contributed by atoms with van der Waals surface area (Å²) in [5.74, 6) is 0.839. The van der Waals surface area contributed by atoms with Gasteiger partial charge in [0.2, 0.25) is 5.91 Å². The standard InChI is InChI=1S/C30H32ClF3N4O3/c1-36(24-5-3-21(17-35)27(16-24)30(32,33)34)23-6-8-25(9-7-23)40-19-29(39)38-12-10-37(11-13-38)18-26-14-20-2-4-22(31)15-28(20)41-26/h2-5,14-16,23,25H,6-13,18-19H2,1H3. The molecule has 5 rings (SSSR count). The summed E-state index contributed by atoms with van der Waals surface area (Å²) in [5, 5.41) is 10.7. The second-order valence-electron chi connectivity index (χ2n) is 10.7. The van der Waals surface area contributed by atoms with E-state index in [2.05, 4.69) is 4.90 Å². The van der Waals surface area contributed by atoms with Gasteiger partial charge in [0.1, 0.15) is 18.0 Å². The van der Waals surface area contributed by atoms with Crippen molar-refractivity contribution in [1.29, 1.82) is 5.26 Å². The number of piperazine rings is 1. The van der Waals surface area contributed by atoms with E-state index in [1.807, 2.05) is 34.1 Å². The van der Waals surface area contributed by atoms with Crippen molar-refractivity contribution in [3.8, 4) is 6.07 Å². The van der Waals surface area contributed by atoms with Gasteiger partial charge in [0, 0.05) is 61.4 Å². The number of furan rings is 1. The smallest absolute Gasteiger partial charge is 0.417 e. The van der Waals surface area contributed by atoms with Crippen LogP contribution >= 0.6 is 11.6 Å². The summed E-state index contributed by atoms with van der Waals surface area (Å²) in [6, 6.07) is 13.1. The van der Waals surface area contributed by atoms with Crippen LogP contribution in [0.25, 0.3) is 11.0 Å². The molecule has 2 aromatic carbocycles. The third-order valence-electron chi connectivity index (χ3n) is 8.11. The van der Waals surface area contributed by atoms with Crippen LogP contribution in [0.2, 0.25) is 5.02 Å². The minimum absolute atomic E-state index is 0.0278. The van der Waals surface area contributed by atoms with Crippen LogP contribution in [0.1, 0.15) is 42.6 Å². The number of rotatable bonds is 7. The number of halogens is 4. The van der Waals surface area contributed by atoms with Crippen LogP contribution in [0.4, 0.5) is 18.9 Å². The van der Waals surface area contributed by atoms with Gasteiger partial charge in [0.15, 0.2) is 0 Å². The largest absolute Gasteiger partial charge is 0.460 e. The molecule has 1 saturated heterocycles. The molecule has 0 atom stereocenters. The van der Waals surface area contributed by atoms with E-state index in [-0.39, 0.29) is 30.2 Å². The topological polar surface area (TPSA) is 73.0 Å². The minimum atomic E-state index is -4.59. The number of carbonyl (C=O) groups excluding carboxylic acids is 1. The van der Waals surface area contributed by atoms with Crippen LogP contribution in [-0.2, 0) is 22.3 Å². The van der Waals surface area contributed by atoms with Gasteiger partial charge in [-0.05, 0) is 62.1 Å². The van der Waals surface area contributed by atoms with E-state index < -0.39 is 11.7 Å². The number of benzene rings is 2. The molecule has 218 valence electrons. The number of fused-ring (bicyclic) bond motifs is 1. The first-order chi connectivity index (χ1) is 19.6. The number of hydrogen-bond acceptors (Lipinski definition) is 6. The van der Waals surface area contributed by atoms with Crippen molar-refractivity contribution in [2.75, 3.05) is 44.7 Å². The zero-order valence-corrected chi connectivity index (χ0v) is 23.5. The Morgan fingerprint density at radius 3 is 2.51 bits per heavy atom. The van der Waals surface area contributed by atoms with Gasteiger partial charge in [0.25, 0.3) is 0 Å². The molecule has 1 saturated carbocycles. The van der Waals surface area contributed by atoms with E-state index in [1.165, 1.54) is 6.07 Å². The lowest BCUT2D eigenvalue weighted by Gasteiger charge is -2.37. The summed E-state index contributed by atoms with van der Waals surface area (Å²) in [6.45, 7) is 3.42. The van der Waals surface area contributed by atoms with Gasteiger partial charge in [-0.15, -0.1) is 0 Å². The Labute approximate surface area is 242 Å². The Balaban J connectivity index is 1.04. The maximum Gasteiger partial charge on any atom is 0.417 e. The van der Waals surface area contributed by atoms with Gasteiger partial charge in [-0.2, -0.15) is 18.4 Å². The fourth-order valence-electron chi connectivity index (χ4n) is 5.69. The lowest BCUT2D eigenvalue weighted by molar-refractivity contribution is -0.140. The van der Waals surface area contributed by atoms with E-state index >= 15 is 0 Å². The molecule has 3 aromatic rings. The van der Waals surface area contributed by atoms with Crippen molar-refractivity contribution in [2.24, 2.45) is 0 Å². The molecular weight excluding hydrogens is 557 g/mol. The number of nitrogens with zero attached hydrogens (tertiary/aromatic N) is 4. The fraction of sp³-hybridized carbons (Fsp3) is 0.467. The number of alkyl halides is 3. The molecule has 2 aliphatic rings. The number of amides is 1. The maximum atomic E-state index is 13.4. The first-order valence-corrected chi connectivity index (χ1v) is 14.1. The quantitative estimate of drug-likeness (QED) is 0.333. The van der Waals surface area contributed by atoms with Crippen LogP contribution in [0.15, 0.2) is 46.9 Å². The number of ether oxygens (including phenoxy) is 1. The molecule has 0 unspecified atom stereocenters. The highest BCUT2D eigenvalue weighted by Crippen LogP contribution is 2.36. The molecule has 41 heavy (non-hydrogen) atoms. The van der Waals surface area contributed by atoms with Crippen LogP contribution < -0.4 is 4.90 Å². The molecule has 0 radical (unpaired) electrons. The third-order valence-corrected chi connectivity index (χ3v) is 8.34. The highest BCUT2D eigenvalue weighted by atomic mass is 35.5. The van der Waals surface area contributed by atoms with E-state index in [0.717, 1.165) is 61.6 Å². The lowest BCUT2D eigenvalue weighted by Crippen LogP contribution is -2.49. The van der Waals surface area contributed by atoms with Gasteiger partial charge in [-0.3, -0.25) is 9.69 Å². The van der Waals surface area contributed by atoms with Crippen molar-refractivity contribution in [1.82, 2.24) is 9.80 Å². The summed E-state index contributed by atoms with van der Waals surface area (Å²) in [5.41, 5.74) is -0.0980. The van der Waals surface area contributed by atoms with Crippen molar-refractivity contribution < 1.29 is 27.1 Å². The van der Waals surface area contributed by atoms with Crippen LogP contribution in [0.3, 0.4) is 0 Å². The lowest BCUT2D eigenvalue weighted by atomic mass is 9.91. The Morgan fingerprint density at radius 1 is 1.10 bits per heavy atom. The van der Waals surface area contributed by atoms with Crippen molar-refractivity contribution >= 4 is 34.2 Å². The molecule has 0 bridgehead atoms. The molecule has 1 aliphatic heterocycles. The summed E-state index contributed by atoms with van der Waals surface area (Å²) < 4.78 is 52.0. The SMILES string of the molecule is CN(c1ccc(C#N)c(C(F)(F)F)c1)C1CCC(OCC(=O)N2CCN(Cc3cc4ccc(Cl)cc4o3)CC2)CC1. The summed E-state index contributed by atoms with van der Waals surface area (Å²) in [7, 11) is 1.78. The molecule has 1 aliphatic carbocycles. The van der Waals surface area contributed by atoms with Gasteiger partial charge in [-0.1, -0.05) is 11.6 Å². The molecule has 11 heteroatoms. The Bertz CT molecular complexity index is 1420. The maximum absolute atomic E-state index is 13.4. The Hall–Kier alpha value is -3.26. The second kappa shape index (κ2) is 12.3. The Morgan fingerprint density at radius 2 is 1.83 bits per heavy atom. The molecule has 7 nitrogen and oxygen atoms in total. The van der Waals surface area contributed by atoms with Crippen LogP contribution in [0.5, 0.6) is 0 Å². The zero-order chi connectivity index (χ0) is 29.1. The number of hydrogen-bond donors (Lipinski definition) is 0. The first kappa shape index (κ1) is 29.2. The second-order valence-corrected chi connectivity index (χ2v) is 11.2.